The Labute approximate surface area is 124 Å². The molecule has 2 unspecified atom stereocenters. The van der Waals surface area contributed by atoms with Crippen LogP contribution in [0.2, 0.25) is 0 Å². The van der Waals surface area contributed by atoms with Crippen LogP contribution < -0.4 is 4.90 Å². The van der Waals surface area contributed by atoms with Crippen LogP contribution >= 0.6 is 11.8 Å². The van der Waals surface area contributed by atoms with Crippen molar-refractivity contribution < 1.29 is 14.6 Å². The standard InChI is InChI=1S/C15H21NO3S/c1-4-20-13-7-5-6-12(14(13)15(17)18)16-8-11(3)19-9-10(16)2/h5-7,10-11H,4,8-9H2,1-3H3,(H,17,18). The zero-order valence-electron chi connectivity index (χ0n) is 12.1. The van der Waals surface area contributed by atoms with Crippen LogP contribution in [-0.2, 0) is 4.74 Å². The predicted molar refractivity (Wildman–Crippen MR) is 82.0 cm³/mol. The summed E-state index contributed by atoms with van der Waals surface area (Å²) < 4.78 is 5.63. The summed E-state index contributed by atoms with van der Waals surface area (Å²) in [6, 6.07) is 5.91. The normalized spacial score (nSPS) is 22.9. The lowest BCUT2D eigenvalue weighted by atomic mass is 10.1. The van der Waals surface area contributed by atoms with Gasteiger partial charge < -0.3 is 14.7 Å². The monoisotopic (exact) mass is 295 g/mol. The van der Waals surface area contributed by atoms with Gasteiger partial charge in [-0.2, -0.15) is 0 Å². The van der Waals surface area contributed by atoms with E-state index >= 15 is 0 Å². The van der Waals surface area contributed by atoms with Crippen LogP contribution in [0.3, 0.4) is 0 Å². The van der Waals surface area contributed by atoms with Gasteiger partial charge in [0.15, 0.2) is 0 Å². The summed E-state index contributed by atoms with van der Waals surface area (Å²) in [6.07, 6.45) is 0.121. The Morgan fingerprint density at radius 3 is 2.90 bits per heavy atom. The minimum atomic E-state index is -0.858. The number of benzene rings is 1. The largest absolute Gasteiger partial charge is 0.478 e. The van der Waals surface area contributed by atoms with Crippen LogP contribution in [0.15, 0.2) is 23.1 Å². The summed E-state index contributed by atoms with van der Waals surface area (Å²) in [5, 5.41) is 9.58. The summed E-state index contributed by atoms with van der Waals surface area (Å²) in [5.74, 6) is 0.00149. The van der Waals surface area contributed by atoms with Crippen LogP contribution in [0.1, 0.15) is 31.1 Å². The third-order valence-corrected chi connectivity index (χ3v) is 4.38. The third-order valence-electron chi connectivity index (χ3n) is 3.44. The number of nitrogens with zero attached hydrogens (tertiary/aromatic N) is 1. The molecule has 0 amide bonds. The van der Waals surface area contributed by atoms with Crippen LogP contribution in [0.5, 0.6) is 0 Å². The van der Waals surface area contributed by atoms with E-state index in [1.54, 1.807) is 11.8 Å². The highest BCUT2D eigenvalue weighted by Gasteiger charge is 2.28. The van der Waals surface area contributed by atoms with Crippen molar-refractivity contribution in [2.45, 2.75) is 37.8 Å². The Morgan fingerprint density at radius 2 is 2.25 bits per heavy atom. The van der Waals surface area contributed by atoms with Gasteiger partial charge in [0.1, 0.15) is 0 Å². The first-order chi connectivity index (χ1) is 9.54. The molecule has 0 spiro atoms. The van der Waals surface area contributed by atoms with Crippen molar-refractivity contribution in [2.75, 3.05) is 23.8 Å². The number of carboxylic acids is 1. The highest BCUT2D eigenvalue weighted by atomic mass is 32.2. The lowest BCUT2D eigenvalue weighted by molar-refractivity contribution is 0.0341. The molecule has 2 rings (SSSR count). The number of aromatic carboxylic acids is 1. The molecule has 1 saturated heterocycles. The molecule has 1 aromatic carbocycles. The molecule has 1 fully saturated rings. The predicted octanol–water partition coefficient (Wildman–Crippen LogP) is 3.11. The van der Waals surface area contributed by atoms with Crippen molar-refractivity contribution in [3.8, 4) is 0 Å². The van der Waals surface area contributed by atoms with E-state index in [0.29, 0.717) is 12.2 Å². The molecule has 1 N–H and O–H groups in total. The fourth-order valence-electron chi connectivity index (χ4n) is 2.49. The minimum absolute atomic E-state index is 0.121. The Bertz CT molecular complexity index is 492. The van der Waals surface area contributed by atoms with E-state index in [0.717, 1.165) is 22.9 Å². The molecule has 1 aliphatic heterocycles. The summed E-state index contributed by atoms with van der Waals surface area (Å²) >= 11 is 1.57. The van der Waals surface area contributed by atoms with E-state index in [9.17, 15) is 9.90 Å². The lowest BCUT2D eigenvalue weighted by Crippen LogP contribution is -2.48. The highest BCUT2D eigenvalue weighted by Crippen LogP contribution is 2.33. The van der Waals surface area contributed by atoms with Crippen molar-refractivity contribution in [1.82, 2.24) is 0 Å². The second-order valence-corrected chi connectivity index (χ2v) is 6.34. The Hall–Kier alpha value is -1.20. The zero-order valence-corrected chi connectivity index (χ0v) is 12.9. The number of hydrogen-bond donors (Lipinski definition) is 1. The maximum Gasteiger partial charge on any atom is 0.338 e. The van der Waals surface area contributed by atoms with E-state index in [1.807, 2.05) is 32.0 Å². The molecule has 2 atom stereocenters. The van der Waals surface area contributed by atoms with Gasteiger partial charge in [0, 0.05) is 17.5 Å². The molecule has 1 aliphatic rings. The molecular formula is C15H21NO3S. The SMILES string of the molecule is CCSc1cccc(N2CC(C)OCC2C)c1C(=O)O. The fourth-order valence-corrected chi connectivity index (χ4v) is 3.31. The van der Waals surface area contributed by atoms with Gasteiger partial charge in [-0.3, -0.25) is 0 Å². The first kappa shape index (κ1) is 15.2. The molecule has 1 aromatic rings. The van der Waals surface area contributed by atoms with Gasteiger partial charge >= 0.3 is 5.97 Å². The van der Waals surface area contributed by atoms with Gasteiger partial charge in [-0.25, -0.2) is 4.79 Å². The zero-order chi connectivity index (χ0) is 14.7. The summed E-state index contributed by atoms with van der Waals surface area (Å²) in [5.41, 5.74) is 1.22. The van der Waals surface area contributed by atoms with Crippen LogP contribution in [0, 0.1) is 0 Å². The van der Waals surface area contributed by atoms with Crippen molar-refractivity contribution in [3.63, 3.8) is 0 Å². The molecule has 1 heterocycles. The Morgan fingerprint density at radius 1 is 1.50 bits per heavy atom. The second-order valence-electron chi connectivity index (χ2n) is 5.03. The molecule has 5 heteroatoms. The summed E-state index contributed by atoms with van der Waals surface area (Å²) in [4.78, 5) is 14.7. The van der Waals surface area contributed by atoms with Gasteiger partial charge in [-0.15, -0.1) is 11.8 Å². The maximum absolute atomic E-state index is 11.7. The topological polar surface area (TPSA) is 49.8 Å². The first-order valence-electron chi connectivity index (χ1n) is 6.92. The third kappa shape index (κ3) is 3.10. The van der Waals surface area contributed by atoms with E-state index in [1.165, 1.54) is 0 Å². The van der Waals surface area contributed by atoms with Gasteiger partial charge in [0.05, 0.1) is 24.0 Å². The highest BCUT2D eigenvalue weighted by molar-refractivity contribution is 7.99. The fraction of sp³-hybridized carbons (Fsp3) is 0.533. The average molecular weight is 295 g/mol. The second kappa shape index (κ2) is 6.50. The maximum atomic E-state index is 11.7. The molecule has 110 valence electrons. The van der Waals surface area contributed by atoms with Gasteiger partial charge in [0.2, 0.25) is 0 Å². The molecule has 0 aromatic heterocycles. The van der Waals surface area contributed by atoms with Crippen LogP contribution in [0.4, 0.5) is 5.69 Å². The first-order valence-corrected chi connectivity index (χ1v) is 7.90. The van der Waals surface area contributed by atoms with E-state index < -0.39 is 5.97 Å². The number of anilines is 1. The molecule has 0 bridgehead atoms. The minimum Gasteiger partial charge on any atom is -0.478 e. The molecule has 0 aliphatic carbocycles. The quantitative estimate of drug-likeness (QED) is 0.865. The molecule has 4 nitrogen and oxygen atoms in total. The van der Waals surface area contributed by atoms with Crippen LogP contribution in [-0.4, -0.2) is 42.1 Å². The number of hydrogen-bond acceptors (Lipinski definition) is 4. The van der Waals surface area contributed by atoms with Gasteiger partial charge in [0.25, 0.3) is 0 Å². The summed E-state index contributed by atoms with van der Waals surface area (Å²) in [7, 11) is 0. The number of thioether (sulfide) groups is 1. The average Bonchev–Trinajstić information content (AvgIpc) is 2.41. The smallest absolute Gasteiger partial charge is 0.338 e. The van der Waals surface area contributed by atoms with Crippen LogP contribution in [0.25, 0.3) is 0 Å². The number of carbonyl (C=O) groups is 1. The Kier molecular flexibility index (Phi) is 4.94. The van der Waals surface area contributed by atoms with E-state index in [4.69, 9.17) is 4.74 Å². The Balaban J connectivity index is 2.44. The number of rotatable bonds is 4. The van der Waals surface area contributed by atoms with Gasteiger partial charge in [-0.05, 0) is 31.7 Å². The lowest BCUT2D eigenvalue weighted by Gasteiger charge is -2.39. The molecule has 0 saturated carbocycles. The molecule has 20 heavy (non-hydrogen) atoms. The molecular weight excluding hydrogens is 274 g/mol. The van der Waals surface area contributed by atoms with E-state index in [-0.39, 0.29) is 12.1 Å². The number of ether oxygens (including phenoxy) is 1. The van der Waals surface area contributed by atoms with Crippen molar-refractivity contribution >= 4 is 23.4 Å². The van der Waals surface area contributed by atoms with Crippen molar-refractivity contribution in [2.24, 2.45) is 0 Å². The van der Waals surface area contributed by atoms with E-state index in [2.05, 4.69) is 11.8 Å². The number of carboxylic acid groups (broad SMARTS) is 1. The van der Waals surface area contributed by atoms with Gasteiger partial charge in [-0.1, -0.05) is 13.0 Å². The van der Waals surface area contributed by atoms with Crippen molar-refractivity contribution in [3.05, 3.63) is 23.8 Å². The molecule has 0 radical (unpaired) electrons. The van der Waals surface area contributed by atoms with Crippen molar-refractivity contribution in [1.29, 1.82) is 0 Å². The summed E-state index contributed by atoms with van der Waals surface area (Å²) in [6.45, 7) is 7.47. The number of morpholine rings is 1.